The molecule has 210 valence electrons. The highest BCUT2D eigenvalue weighted by Crippen LogP contribution is 2.39. The van der Waals surface area contributed by atoms with Gasteiger partial charge in [0.1, 0.15) is 23.7 Å². The molecule has 1 aliphatic heterocycles. The van der Waals surface area contributed by atoms with E-state index in [2.05, 4.69) is 10.3 Å². The zero-order valence-corrected chi connectivity index (χ0v) is 22.2. The van der Waals surface area contributed by atoms with Gasteiger partial charge in [-0.2, -0.15) is 5.26 Å². The number of anilines is 2. The van der Waals surface area contributed by atoms with E-state index in [1.54, 1.807) is 12.1 Å². The van der Waals surface area contributed by atoms with Gasteiger partial charge in [-0.3, -0.25) is 24.2 Å². The van der Waals surface area contributed by atoms with Crippen molar-refractivity contribution in [2.24, 2.45) is 0 Å². The standard InChI is InChI=1S/C29H23ClF3N5O3/c30-22-7-2-1-6-21(22)26(27(40)36-19-14-29(32,33)15-19)37(20-5-3-4-18(31)13-20)28(41)23-8-9-25(39)38(23)24-12-17(16-34)10-11-35-24/h1-7,10-13,19,23,26H,8-9,14-15H2,(H,36,40)/t23?,26-/m0/s1. The molecule has 1 N–H and O–H groups in total. The topological polar surface area (TPSA) is 106 Å². The molecule has 2 aliphatic rings. The van der Waals surface area contributed by atoms with Crippen LogP contribution in [0.1, 0.15) is 42.9 Å². The number of nitrogens with zero attached hydrogens (tertiary/aromatic N) is 4. The van der Waals surface area contributed by atoms with E-state index < -0.39 is 60.4 Å². The minimum Gasteiger partial charge on any atom is -0.351 e. The van der Waals surface area contributed by atoms with E-state index in [9.17, 15) is 32.8 Å². The minimum absolute atomic E-state index is 0.00737. The van der Waals surface area contributed by atoms with Crippen LogP contribution in [0.25, 0.3) is 0 Å². The van der Waals surface area contributed by atoms with E-state index in [-0.39, 0.29) is 40.5 Å². The van der Waals surface area contributed by atoms with Crippen molar-refractivity contribution in [3.63, 3.8) is 0 Å². The summed E-state index contributed by atoms with van der Waals surface area (Å²) in [7, 11) is 0. The highest BCUT2D eigenvalue weighted by Gasteiger charge is 2.48. The van der Waals surface area contributed by atoms with Crippen LogP contribution in [0, 0.1) is 17.1 Å². The van der Waals surface area contributed by atoms with E-state index in [0.29, 0.717) is 0 Å². The number of carbonyl (C=O) groups excluding carboxylic acids is 3. The molecule has 1 unspecified atom stereocenters. The van der Waals surface area contributed by atoms with Crippen LogP contribution in [0.2, 0.25) is 5.02 Å². The van der Waals surface area contributed by atoms with E-state index in [1.165, 1.54) is 42.6 Å². The second kappa shape index (κ2) is 11.2. The van der Waals surface area contributed by atoms with E-state index in [1.807, 2.05) is 6.07 Å². The number of benzene rings is 2. The highest BCUT2D eigenvalue weighted by molar-refractivity contribution is 6.31. The Kier molecular flexibility index (Phi) is 7.69. The summed E-state index contributed by atoms with van der Waals surface area (Å²) >= 11 is 6.48. The van der Waals surface area contributed by atoms with Gasteiger partial charge in [0.2, 0.25) is 11.8 Å². The molecule has 3 aromatic rings. The maximum Gasteiger partial charge on any atom is 0.252 e. The third-order valence-corrected chi connectivity index (χ3v) is 7.43. The number of hydrogen-bond acceptors (Lipinski definition) is 5. The van der Waals surface area contributed by atoms with Gasteiger partial charge in [0.05, 0.1) is 11.6 Å². The van der Waals surface area contributed by atoms with Crippen molar-refractivity contribution in [2.45, 2.75) is 49.7 Å². The fourth-order valence-electron chi connectivity index (χ4n) is 5.15. The summed E-state index contributed by atoms with van der Waals surface area (Å²) in [5.74, 6) is -5.51. The second-order valence-corrected chi connectivity index (χ2v) is 10.3. The summed E-state index contributed by atoms with van der Waals surface area (Å²) in [5.41, 5.74) is 0.386. The molecule has 5 rings (SSSR count). The lowest BCUT2D eigenvalue weighted by Gasteiger charge is -2.39. The van der Waals surface area contributed by atoms with Gasteiger partial charge in [-0.05, 0) is 42.8 Å². The lowest BCUT2D eigenvalue weighted by Crippen LogP contribution is -2.56. The molecule has 8 nitrogen and oxygen atoms in total. The SMILES string of the molecule is N#Cc1ccnc(N2C(=O)CCC2C(=O)N(c2cccc(F)c2)[C@H](C(=O)NC2CC(F)(F)C2)c2ccccc2Cl)c1. The van der Waals surface area contributed by atoms with Gasteiger partial charge < -0.3 is 5.32 Å². The molecule has 1 saturated heterocycles. The van der Waals surface area contributed by atoms with Crippen LogP contribution >= 0.6 is 11.6 Å². The van der Waals surface area contributed by atoms with Crippen molar-refractivity contribution >= 4 is 40.8 Å². The quantitative estimate of drug-likeness (QED) is 0.426. The van der Waals surface area contributed by atoms with Crippen LogP contribution < -0.4 is 15.1 Å². The van der Waals surface area contributed by atoms with Gasteiger partial charge in [-0.1, -0.05) is 35.9 Å². The molecule has 3 amide bonds. The van der Waals surface area contributed by atoms with Gasteiger partial charge in [-0.15, -0.1) is 0 Å². The van der Waals surface area contributed by atoms with Crippen LogP contribution in [-0.2, 0) is 14.4 Å². The molecule has 41 heavy (non-hydrogen) atoms. The summed E-state index contributed by atoms with van der Waals surface area (Å²) < 4.78 is 41.7. The molecule has 12 heteroatoms. The molecule has 2 atom stereocenters. The smallest absolute Gasteiger partial charge is 0.252 e. The van der Waals surface area contributed by atoms with Gasteiger partial charge in [-0.25, -0.2) is 18.2 Å². The van der Waals surface area contributed by atoms with Crippen molar-refractivity contribution in [1.29, 1.82) is 5.26 Å². The summed E-state index contributed by atoms with van der Waals surface area (Å²) in [4.78, 5) is 47.6. The maximum atomic E-state index is 14.5. The molecule has 0 radical (unpaired) electrons. The lowest BCUT2D eigenvalue weighted by atomic mass is 9.87. The number of hydrogen-bond donors (Lipinski definition) is 1. The van der Waals surface area contributed by atoms with Crippen LogP contribution in [-0.4, -0.2) is 40.7 Å². The Morgan fingerprint density at radius 2 is 1.90 bits per heavy atom. The fourth-order valence-corrected chi connectivity index (χ4v) is 5.39. The molecule has 1 saturated carbocycles. The Bertz CT molecular complexity index is 1550. The Hall–Kier alpha value is -4.43. The first kappa shape index (κ1) is 28.1. The molecule has 1 aromatic heterocycles. The van der Waals surface area contributed by atoms with Crippen LogP contribution in [0.15, 0.2) is 66.9 Å². The number of halogens is 4. The largest absolute Gasteiger partial charge is 0.351 e. The minimum atomic E-state index is -2.91. The number of nitriles is 1. The summed E-state index contributed by atoms with van der Waals surface area (Å²) in [6, 6.07) is 12.5. The monoisotopic (exact) mass is 581 g/mol. The van der Waals surface area contributed by atoms with Gasteiger partial charge in [0, 0.05) is 47.8 Å². The van der Waals surface area contributed by atoms with Gasteiger partial charge in [0.25, 0.3) is 11.8 Å². The average Bonchev–Trinajstić information content (AvgIpc) is 3.32. The molecule has 0 spiro atoms. The van der Waals surface area contributed by atoms with E-state index >= 15 is 0 Å². The Balaban J connectivity index is 1.61. The molecule has 0 bridgehead atoms. The lowest BCUT2D eigenvalue weighted by molar-refractivity contribution is -0.133. The third-order valence-electron chi connectivity index (χ3n) is 7.09. The first-order valence-electron chi connectivity index (χ1n) is 12.8. The number of amides is 3. The number of nitrogens with one attached hydrogen (secondary N) is 1. The second-order valence-electron chi connectivity index (χ2n) is 9.91. The predicted octanol–water partition coefficient (Wildman–Crippen LogP) is 4.93. The van der Waals surface area contributed by atoms with Gasteiger partial charge >= 0.3 is 0 Å². The van der Waals surface area contributed by atoms with Crippen LogP contribution in [0.3, 0.4) is 0 Å². The normalized spacial score (nSPS) is 18.8. The van der Waals surface area contributed by atoms with Crippen LogP contribution in [0.5, 0.6) is 0 Å². The Labute approximate surface area is 238 Å². The molecule has 2 heterocycles. The average molecular weight is 582 g/mol. The van der Waals surface area contributed by atoms with Crippen molar-refractivity contribution in [1.82, 2.24) is 10.3 Å². The van der Waals surface area contributed by atoms with Crippen molar-refractivity contribution in [2.75, 3.05) is 9.80 Å². The fraction of sp³-hybridized carbons (Fsp3) is 0.276. The van der Waals surface area contributed by atoms with Crippen LogP contribution in [0.4, 0.5) is 24.7 Å². The number of alkyl halides is 2. The molecule has 2 fully saturated rings. The third kappa shape index (κ3) is 5.74. The molecule has 1 aliphatic carbocycles. The summed E-state index contributed by atoms with van der Waals surface area (Å²) in [5, 5.41) is 12.0. The Morgan fingerprint density at radius 3 is 2.59 bits per heavy atom. The van der Waals surface area contributed by atoms with Crippen molar-refractivity contribution in [3.05, 3.63) is 88.8 Å². The predicted molar refractivity (Wildman–Crippen MR) is 144 cm³/mol. The highest BCUT2D eigenvalue weighted by atomic mass is 35.5. The van der Waals surface area contributed by atoms with E-state index in [4.69, 9.17) is 11.6 Å². The summed E-state index contributed by atoms with van der Waals surface area (Å²) in [6.45, 7) is 0. The Morgan fingerprint density at radius 1 is 1.15 bits per heavy atom. The first-order valence-corrected chi connectivity index (χ1v) is 13.2. The van der Waals surface area contributed by atoms with Crippen molar-refractivity contribution in [3.8, 4) is 6.07 Å². The molecular formula is C29H23ClF3N5O3. The number of rotatable bonds is 7. The zero-order chi connectivity index (χ0) is 29.3. The van der Waals surface area contributed by atoms with Crippen molar-refractivity contribution < 1.29 is 27.6 Å². The number of aromatic nitrogens is 1. The van der Waals surface area contributed by atoms with E-state index in [0.717, 1.165) is 21.9 Å². The first-order chi connectivity index (χ1) is 19.6. The maximum absolute atomic E-state index is 14.5. The summed E-state index contributed by atoms with van der Waals surface area (Å²) in [6.07, 6.45) is 0.237. The van der Waals surface area contributed by atoms with Gasteiger partial charge in [0.15, 0.2) is 0 Å². The molecule has 2 aromatic carbocycles. The zero-order valence-electron chi connectivity index (χ0n) is 21.4. The number of carbonyl (C=O) groups is 3. The molecular weight excluding hydrogens is 559 g/mol. The number of pyridine rings is 1.